The summed E-state index contributed by atoms with van der Waals surface area (Å²) in [7, 11) is 0. The van der Waals surface area contributed by atoms with Crippen molar-refractivity contribution in [2.24, 2.45) is 11.0 Å². The van der Waals surface area contributed by atoms with Gasteiger partial charge in [0, 0.05) is 11.5 Å². The third-order valence-electron chi connectivity index (χ3n) is 5.86. The lowest BCUT2D eigenvalue weighted by Crippen LogP contribution is -2.25. The Labute approximate surface area is 180 Å². The molecule has 6 heteroatoms. The van der Waals surface area contributed by atoms with Crippen LogP contribution in [-0.2, 0) is 10.2 Å². The number of hydrogen-bond acceptors (Lipinski definition) is 4. The summed E-state index contributed by atoms with van der Waals surface area (Å²) in [5.41, 5.74) is 6.99. The summed E-state index contributed by atoms with van der Waals surface area (Å²) in [6.45, 7) is 4.09. The van der Waals surface area contributed by atoms with Crippen LogP contribution in [0.3, 0.4) is 0 Å². The van der Waals surface area contributed by atoms with Crippen molar-refractivity contribution in [3.05, 3.63) is 111 Å². The molecule has 1 unspecified atom stereocenters. The van der Waals surface area contributed by atoms with Gasteiger partial charge in [-0.1, -0.05) is 71.8 Å². The standard InChI is InChI=1S/C25H23N3O3/c1-17-7-5-10-20(13-17)25(21-11-6-8-18(2)14-21)15-22(25)24(29)27-26-16-19-9-3-4-12-23(19)28(30)31/h3-14,16,22H,15H2,1-2H3,(H,27,29). The van der Waals surface area contributed by atoms with Gasteiger partial charge in [0.2, 0.25) is 5.91 Å². The number of benzene rings is 3. The van der Waals surface area contributed by atoms with Crippen molar-refractivity contribution in [3.63, 3.8) is 0 Å². The normalized spacial score (nSPS) is 16.8. The molecular formula is C25H23N3O3. The highest BCUT2D eigenvalue weighted by Gasteiger charge is 2.60. The third kappa shape index (κ3) is 3.97. The molecule has 0 spiro atoms. The minimum absolute atomic E-state index is 0.0548. The predicted octanol–water partition coefficient (Wildman–Crippen LogP) is 4.67. The molecule has 1 aliphatic carbocycles. The van der Waals surface area contributed by atoms with E-state index >= 15 is 0 Å². The Balaban J connectivity index is 1.59. The zero-order valence-electron chi connectivity index (χ0n) is 17.4. The van der Waals surface area contributed by atoms with E-state index < -0.39 is 10.3 Å². The summed E-state index contributed by atoms with van der Waals surface area (Å²) >= 11 is 0. The maximum atomic E-state index is 13.0. The zero-order valence-corrected chi connectivity index (χ0v) is 17.4. The second-order valence-corrected chi connectivity index (χ2v) is 8.02. The highest BCUT2D eigenvalue weighted by Crippen LogP contribution is 2.59. The molecule has 0 aromatic heterocycles. The van der Waals surface area contributed by atoms with Crippen LogP contribution in [0.25, 0.3) is 0 Å². The Hall–Kier alpha value is -3.80. The van der Waals surface area contributed by atoms with E-state index in [-0.39, 0.29) is 17.5 Å². The van der Waals surface area contributed by atoms with Crippen LogP contribution < -0.4 is 5.43 Å². The van der Waals surface area contributed by atoms with E-state index in [0.717, 1.165) is 22.3 Å². The first kappa shape index (κ1) is 20.5. The molecule has 3 aromatic rings. The summed E-state index contributed by atoms with van der Waals surface area (Å²) < 4.78 is 0. The van der Waals surface area contributed by atoms with E-state index in [2.05, 4.69) is 34.8 Å². The molecule has 0 aliphatic heterocycles. The summed E-state index contributed by atoms with van der Waals surface area (Å²) in [4.78, 5) is 23.7. The van der Waals surface area contributed by atoms with Crippen molar-refractivity contribution >= 4 is 17.8 Å². The molecule has 0 heterocycles. The van der Waals surface area contributed by atoms with Crippen LogP contribution in [0.1, 0.15) is 34.2 Å². The van der Waals surface area contributed by atoms with Crippen LogP contribution in [0.2, 0.25) is 0 Å². The summed E-state index contributed by atoms with van der Waals surface area (Å²) in [5.74, 6) is -0.461. The maximum absolute atomic E-state index is 13.0. The Bertz CT molecular complexity index is 1140. The molecular weight excluding hydrogens is 390 g/mol. The number of hydrazone groups is 1. The van der Waals surface area contributed by atoms with Crippen molar-refractivity contribution in [1.82, 2.24) is 5.43 Å². The minimum Gasteiger partial charge on any atom is -0.273 e. The van der Waals surface area contributed by atoms with Gasteiger partial charge in [-0.3, -0.25) is 14.9 Å². The number of nitrogens with one attached hydrogen (secondary N) is 1. The van der Waals surface area contributed by atoms with Gasteiger partial charge >= 0.3 is 0 Å². The summed E-state index contributed by atoms with van der Waals surface area (Å²) in [5, 5.41) is 15.2. The summed E-state index contributed by atoms with van der Waals surface area (Å²) in [6.07, 6.45) is 2.01. The molecule has 3 aromatic carbocycles. The lowest BCUT2D eigenvalue weighted by Gasteiger charge is -2.19. The molecule has 1 atom stereocenters. The Kier molecular flexibility index (Phi) is 5.38. The van der Waals surface area contributed by atoms with Gasteiger partial charge < -0.3 is 0 Å². The van der Waals surface area contributed by atoms with Crippen molar-refractivity contribution in [2.45, 2.75) is 25.7 Å². The number of carbonyl (C=O) groups excluding carboxylic acids is 1. The number of amides is 1. The van der Waals surface area contributed by atoms with Gasteiger partial charge in [0.15, 0.2) is 0 Å². The fourth-order valence-corrected chi connectivity index (χ4v) is 4.24. The van der Waals surface area contributed by atoms with Crippen LogP contribution in [0.4, 0.5) is 5.69 Å². The van der Waals surface area contributed by atoms with Crippen LogP contribution >= 0.6 is 0 Å². The quantitative estimate of drug-likeness (QED) is 0.362. The van der Waals surface area contributed by atoms with Crippen molar-refractivity contribution in [3.8, 4) is 0 Å². The smallest absolute Gasteiger partial charge is 0.273 e. The molecule has 6 nitrogen and oxygen atoms in total. The lowest BCUT2D eigenvalue weighted by molar-refractivity contribution is -0.385. The summed E-state index contributed by atoms with van der Waals surface area (Å²) in [6, 6.07) is 22.8. The second kappa shape index (κ2) is 8.14. The molecule has 1 N–H and O–H groups in total. The maximum Gasteiger partial charge on any atom is 0.278 e. The number of rotatable bonds is 6. The van der Waals surface area contributed by atoms with Crippen LogP contribution in [0, 0.1) is 29.9 Å². The van der Waals surface area contributed by atoms with E-state index in [4.69, 9.17) is 0 Å². The van der Waals surface area contributed by atoms with Gasteiger partial charge in [0.25, 0.3) is 5.69 Å². The van der Waals surface area contributed by atoms with Crippen molar-refractivity contribution in [1.29, 1.82) is 0 Å². The van der Waals surface area contributed by atoms with Crippen LogP contribution in [0.15, 0.2) is 77.9 Å². The fourth-order valence-electron chi connectivity index (χ4n) is 4.24. The largest absolute Gasteiger partial charge is 0.278 e. The predicted molar refractivity (Wildman–Crippen MR) is 120 cm³/mol. The van der Waals surface area contributed by atoms with Gasteiger partial charge in [-0.25, -0.2) is 5.43 Å². The minimum atomic E-state index is -0.468. The van der Waals surface area contributed by atoms with E-state index in [1.807, 2.05) is 38.1 Å². The van der Waals surface area contributed by atoms with Crippen LogP contribution in [0.5, 0.6) is 0 Å². The van der Waals surface area contributed by atoms with E-state index in [1.54, 1.807) is 18.2 Å². The first-order valence-electron chi connectivity index (χ1n) is 10.1. The zero-order chi connectivity index (χ0) is 22.0. The number of nitro groups is 1. The molecule has 0 radical (unpaired) electrons. The SMILES string of the molecule is Cc1cccc(C2(c3cccc(C)c3)CC2C(=O)NN=Cc2ccccc2[N+](=O)[O-])c1. The highest BCUT2D eigenvalue weighted by molar-refractivity contribution is 5.89. The molecule has 0 bridgehead atoms. The average Bonchev–Trinajstić information content (AvgIpc) is 3.51. The number of aryl methyl sites for hydroxylation is 2. The second-order valence-electron chi connectivity index (χ2n) is 8.02. The molecule has 0 saturated heterocycles. The molecule has 1 saturated carbocycles. The lowest BCUT2D eigenvalue weighted by atomic mass is 9.84. The van der Waals surface area contributed by atoms with E-state index in [1.165, 1.54) is 12.3 Å². The monoisotopic (exact) mass is 413 g/mol. The third-order valence-corrected chi connectivity index (χ3v) is 5.86. The van der Waals surface area contributed by atoms with Gasteiger partial charge in [0.05, 0.1) is 22.6 Å². The number of para-hydroxylation sites is 1. The van der Waals surface area contributed by atoms with Gasteiger partial charge in [-0.2, -0.15) is 5.10 Å². The van der Waals surface area contributed by atoms with Crippen molar-refractivity contribution < 1.29 is 9.72 Å². The van der Waals surface area contributed by atoms with Crippen molar-refractivity contribution in [2.75, 3.05) is 0 Å². The molecule has 1 aliphatic rings. The van der Waals surface area contributed by atoms with Gasteiger partial charge in [-0.15, -0.1) is 0 Å². The molecule has 31 heavy (non-hydrogen) atoms. The topological polar surface area (TPSA) is 84.6 Å². The first-order chi connectivity index (χ1) is 14.9. The Morgan fingerprint density at radius 1 is 1.03 bits per heavy atom. The molecule has 1 amide bonds. The molecule has 1 fully saturated rings. The number of nitrogens with zero attached hydrogens (tertiary/aromatic N) is 2. The first-order valence-corrected chi connectivity index (χ1v) is 10.1. The number of carbonyl (C=O) groups is 1. The van der Waals surface area contributed by atoms with E-state index in [0.29, 0.717) is 12.0 Å². The fraction of sp³-hybridized carbons (Fsp3) is 0.200. The molecule has 4 rings (SSSR count). The number of nitro benzene ring substituents is 1. The Morgan fingerprint density at radius 3 is 2.23 bits per heavy atom. The van der Waals surface area contributed by atoms with Gasteiger partial charge in [0.1, 0.15) is 0 Å². The van der Waals surface area contributed by atoms with Crippen LogP contribution in [-0.4, -0.2) is 17.0 Å². The Morgan fingerprint density at radius 2 is 1.65 bits per heavy atom. The van der Waals surface area contributed by atoms with E-state index in [9.17, 15) is 14.9 Å². The molecule has 156 valence electrons. The average molecular weight is 413 g/mol. The highest BCUT2D eigenvalue weighted by atomic mass is 16.6. The van der Waals surface area contributed by atoms with Gasteiger partial charge in [-0.05, 0) is 37.5 Å². The number of hydrogen-bond donors (Lipinski definition) is 1.